The molecule has 130 valence electrons. The highest BCUT2D eigenvalue weighted by Gasteiger charge is 2.35. The van der Waals surface area contributed by atoms with E-state index in [9.17, 15) is 14.7 Å². The van der Waals surface area contributed by atoms with E-state index < -0.39 is 6.10 Å². The molecule has 6 heteroatoms. The first-order chi connectivity index (χ1) is 11.5. The molecule has 0 aromatic carbocycles. The number of rotatable bonds is 3. The Morgan fingerprint density at radius 1 is 1.21 bits per heavy atom. The van der Waals surface area contributed by atoms with E-state index in [1.54, 1.807) is 4.90 Å². The van der Waals surface area contributed by atoms with Crippen LogP contribution in [0.2, 0.25) is 0 Å². The SMILES string of the molecule is CC(=O)N1C[C@H](CC(=O)N2CCC(c3ccccn3)CC2)[C@@H](O)C1. The number of carbonyl (C=O) groups excluding carboxylic acids is 2. The van der Waals surface area contributed by atoms with Crippen LogP contribution in [0.1, 0.15) is 37.8 Å². The quantitative estimate of drug-likeness (QED) is 0.897. The Kier molecular flexibility index (Phi) is 5.14. The molecule has 1 aromatic rings. The Balaban J connectivity index is 1.50. The molecule has 3 heterocycles. The molecule has 2 fully saturated rings. The predicted molar refractivity (Wildman–Crippen MR) is 89.2 cm³/mol. The monoisotopic (exact) mass is 331 g/mol. The van der Waals surface area contributed by atoms with Crippen LogP contribution in [0.15, 0.2) is 24.4 Å². The average molecular weight is 331 g/mol. The number of β-amino-alcohol motifs (C(OH)–C–C–N with tert-alkyl or cyclic N) is 1. The number of aliphatic hydroxyl groups is 1. The molecule has 0 spiro atoms. The van der Waals surface area contributed by atoms with E-state index in [0.717, 1.165) is 31.6 Å². The number of amides is 2. The molecular formula is C18H25N3O3. The second-order valence-electron chi connectivity index (χ2n) is 6.87. The molecule has 2 amide bonds. The maximum absolute atomic E-state index is 12.5. The summed E-state index contributed by atoms with van der Waals surface area (Å²) in [5.41, 5.74) is 1.10. The topological polar surface area (TPSA) is 73.7 Å². The molecule has 2 saturated heterocycles. The molecule has 0 radical (unpaired) electrons. The molecule has 2 atom stereocenters. The van der Waals surface area contributed by atoms with E-state index in [0.29, 0.717) is 25.4 Å². The van der Waals surface area contributed by atoms with Crippen LogP contribution in [-0.4, -0.2) is 64.0 Å². The number of nitrogens with zero attached hydrogens (tertiary/aromatic N) is 3. The Hall–Kier alpha value is -1.95. The molecule has 2 aliphatic rings. The third-order valence-corrected chi connectivity index (χ3v) is 5.24. The summed E-state index contributed by atoms with van der Waals surface area (Å²) in [7, 11) is 0. The van der Waals surface area contributed by atoms with Gasteiger partial charge in [0.1, 0.15) is 0 Å². The first-order valence-corrected chi connectivity index (χ1v) is 8.67. The number of aromatic nitrogens is 1. The van der Waals surface area contributed by atoms with Crippen molar-refractivity contribution < 1.29 is 14.7 Å². The summed E-state index contributed by atoms with van der Waals surface area (Å²) in [6.07, 6.45) is 3.39. The van der Waals surface area contributed by atoms with Crippen LogP contribution in [-0.2, 0) is 9.59 Å². The fourth-order valence-corrected chi connectivity index (χ4v) is 3.71. The van der Waals surface area contributed by atoms with Gasteiger partial charge in [-0.15, -0.1) is 0 Å². The van der Waals surface area contributed by atoms with E-state index in [2.05, 4.69) is 4.98 Å². The van der Waals surface area contributed by atoms with Gasteiger partial charge in [-0.1, -0.05) is 6.07 Å². The third-order valence-electron chi connectivity index (χ3n) is 5.24. The van der Waals surface area contributed by atoms with Crippen LogP contribution in [0, 0.1) is 5.92 Å². The number of carbonyl (C=O) groups is 2. The number of pyridine rings is 1. The van der Waals surface area contributed by atoms with E-state index in [-0.39, 0.29) is 17.7 Å². The predicted octanol–water partition coefficient (Wildman–Crippen LogP) is 1.02. The van der Waals surface area contributed by atoms with Crippen molar-refractivity contribution in [2.75, 3.05) is 26.2 Å². The van der Waals surface area contributed by atoms with Crippen LogP contribution in [0.25, 0.3) is 0 Å². The summed E-state index contributed by atoms with van der Waals surface area (Å²) in [5, 5.41) is 10.1. The van der Waals surface area contributed by atoms with Gasteiger partial charge >= 0.3 is 0 Å². The van der Waals surface area contributed by atoms with Gasteiger partial charge in [0, 0.05) is 63.3 Å². The lowest BCUT2D eigenvalue weighted by atomic mass is 9.92. The number of hydrogen-bond donors (Lipinski definition) is 1. The highest BCUT2D eigenvalue weighted by Crippen LogP contribution is 2.28. The number of piperidine rings is 1. The minimum atomic E-state index is -0.594. The fourth-order valence-electron chi connectivity index (χ4n) is 3.71. The standard InChI is InChI=1S/C18H25N3O3/c1-13(22)21-11-15(17(23)12-21)10-18(24)20-8-5-14(6-9-20)16-4-2-3-7-19-16/h2-4,7,14-15,17,23H,5-6,8-12H2,1H3/t15-,17-/m0/s1. The molecule has 1 N–H and O–H groups in total. The summed E-state index contributed by atoms with van der Waals surface area (Å²) in [5.74, 6) is 0.319. The van der Waals surface area contributed by atoms with Gasteiger partial charge in [0.25, 0.3) is 0 Å². The zero-order chi connectivity index (χ0) is 17.1. The van der Waals surface area contributed by atoms with Crippen LogP contribution >= 0.6 is 0 Å². The minimum absolute atomic E-state index is 0.0415. The van der Waals surface area contributed by atoms with Crippen LogP contribution in [0.4, 0.5) is 0 Å². The first-order valence-electron chi connectivity index (χ1n) is 8.67. The van der Waals surface area contributed by atoms with Gasteiger partial charge in [-0.3, -0.25) is 14.6 Å². The Morgan fingerprint density at radius 2 is 1.96 bits per heavy atom. The number of hydrogen-bond acceptors (Lipinski definition) is 4. The van der Waals surface area contributed by atoms with E-state index >= 15 is 0 Å². The second-order valence-corrected chi connectivity index (χ2v) is 6.87. The van der Waals surface area contributed by atoms with E-state index in [1.807, 2.05) is 29.3 Å². The Labute approximate surface area is 142 Å². The molecule has 6 nitrogen and oxygen atoms in total. The maximum Gasteiger partial charge on any atom is 0.223 e. The first kappa shape index (κ1) is 16.9. The lowest BCUT2D eigenvalue weighted by Gasteiger charge is -2.32. The highest BCUT2D eigenvalue weighted by molar-refractivity contribution is 5.77. The van der Waals surface area contributed by atoms with Crippen molar-refractivity contribution in [3.05, 3.63) is 30.1 Å². The summed E-state index contributed by atoms with van der Waals surface area (Å²) < 4.78 is 0. The van der Waals surface area contributed by atoms with Crippen molar-refractivity contribution in [2.24, 2.45) is 5.92 Å². The highest BCUT2D eigenvalue weighted by atomic mass is 16.3. The fraction of sp³-hybridized carbons (Fsp3) is 0.611. The maximum atomic E-state index is 12.5. The van der Waals surface area contributed by atoms with Crippen LogP contribution in [0.5, 0.6) is 0 Å². The number of aliphatic hydroxyl groups excluding tert-OH is 1. The smallest absolute Gasteiger partial charge is 0.223 e. The van der Waals surface area contributed by atoms with Crippen molar-refractivity contribution in [3.8, 4) is 0 Å². The normalized spacial score (nSPS) is 25.1. The lowest BCUT2D eigenvalue weighted by molar-refractivity contribution is -0.134. The Morgan fingerprint density at radius 3 is 2.54 bits per heavy atom. The zero-order valence-electron chi connectivity index (χ0n) is 14.1. The van der Waals surface area contributed by atoms with Crippen molar-refractivity contribution in [1.82, 2.24) is 14.8 Å². The van der Waals surface area contributed by atoms with Crippen molar-refractivity contribution in [2.45, 2.75) is 38.2 Å². The minimum Gasteiger partial charge on any atom is -0.391 e. The van der Waals surface area contributed by atoms with Gasteiger partial charge < -0.3 is 14.9 Å². The zero-order valence-corrected chi connectivity index (χ0v) is 14.1. The largest absolute Gasteiger partial charge is 0.391 e. The Bertz CT molecular complexity index is 584. The molecule has 0 aliphatic carbocycles. The summed E-state index contributed by atoms with van der Waals surface area (Å²) in [6, 6.07) is 5.97. The van der Waals surface area contributed by atoms with Crippen LogP contribution < -0.4 is 0 Å². The van der Waals surface area contributed by atoms with E-state index in [4.69, 9.17) is 0 Å². The lowest BCUT2D eigenvalue weighted by Crippen LogP contribution is -2.39. The van der Waals surface area contributed by atoms with Crippen LogP contribution in [0.3, 0.4) is 0 Å². The summed E-state index contributed by atoms with van der Waals surface area (Å²) in [6.45, 7) is 3.79. The molecule has 3 rings (SSSR count). The third kappa shape index (κ3) is 3.75. The van der Waals surface area contributed by atoms with Gasteiger partial charge in [0.15, 0.2) is 0 Å². The summed E-state index contributed by atoms with van der Waals surface area (Å²) >= 11 is 0. The summed E-state index contributed by atoms with van der Waals surface area (Å²) in [4.78, 5) is 31.9. The van der Waals surface area contributed by atoms with Gasteiger partial charge in [-0.2, -0.15) is 0 Å². The van der Waals surface area contributed by atoms with Gasteiger partial charge in [0.05, 0.1) is 6.10 Å². The van der Waals surface area contributed by atoms with Crippen molar-refractivity contribution in [1.29, 1.82) is 0 Å². The van der Waals surface area contributed by atoms with Crippen molar-refractivity contribution >= 4 is 11.8 Å². The van der Waals surface area contributed by atoms with Crippen molar-refractivity contribution in [3.63, 3.8) is 0 Å². The van der Waals surface area contributed by atoms with Gasteiger partial charge in [-0.05, 0) is 25.0 Å². The number of likely N-dealkylation sites (tertiary alicyclic amines) is 2. The average Bonchev–Trinajstić information content (AvgIpc) is 2.97. The molecular weight excluding hydrogens is 306 g/mol. The van der Waals surface area contributed by atoms with Gasteiger partial charge in [-0.25, -0.2) is 0 Å². The second kappa shape index (κ2) is 7.30. The molecule has 0 saturated carbocycles. The molecule has 0 bridgehead atoms. The molecule has 1 aromatic heterocycles. The molecule has 0 unspecified atom stereocenters. The molecule has 2 aliphatic heterocycles. The van der Waals surface area contributed by atoms with E-state index in [1.165, 1.54) is 6.92 Å². The molecule has 24 heavy (non-hydrogen) atoms. The van der Waals surface area contributed by atoms with Gasteiger partial charge in [0.2, 0.25) is 11.8 Å².